The van der Waals surface area contributed by atoms with E-state index in [2.05, 4.69) is 4.98 Å². The Morgan fingerprint density at radius 1 is 1.38 bits per heavy atom. The molecule has 2 rings (SSSR count). The summed E-state index contributed by atoms with van der Waals surface area (Å²) in [5.74, 6) is 0.266. The molecule has 0 spiro atoms. The van der Waals surface area contributed by atoms with Crippen LogP contribution in [0.4, 0.5) is 10.2 Å². The Bertz CT molecular complexity index is 282. The van der Waals surface area contributed by atoms with Crippen LogP contribution in [0.25, 0.3) is 0 Å². The summed E-state index contributed by atoms with van der Waals surface area (Å²) in [4.78, 5) is 3.55. The quantitative estimate of drug-likeness (QED) is 0.678. The zero-order valence-electron chi connectivity index (χ0n) is 8.05. The van der Waals surface area contributed by atoms with Gasteiger partial charge in [-0.3, -0.25) is 0 Å². The van der Waals surface area contributed by atoms with E-state index in [1.807, 2.05) is 13.8 Å². The van der Waals surface area contributed by atoms with Crippen LogP contribution in [0, 0.1) is 5.95 Å². The van der Waals surface area contributed by atoms with Crippen molar-refractivity contribution in [3.05, 3.63) is 23.6 Å². The standard InChI is InChI=1S/C8H9FN2.C2H6/c9-8-6(5-1-2-5)3-4-7(10)11-8;1-2/h3-5H,1-2H2,(H2,10,11);1-2H3. The van der Waals surface area contributed by atoms with Gasteiger partial charge in [0.05, 0.1) is 0 Å². The van der Waals surface area contributed by atoms with Gasteiger partial charge in [0.2, 0.25) is 5.95 Å². The van der Waals surface area contributed by atoms with Crippen molar-refractivity contribution in [2.24, 2.45) is 0 Å². The molecule has 0 aromatic carbocycles. The van der Waals surface area contributed by atoms with E-state index in [-0.39, 0.29) is 5.82 Å². The van der Waals surface area contributed by atoms with Gasteiger partial charge < -0.3 is 5.73 Å². The molecule has 13 heavy (non-hydrogen) atoms. The van der Waals surface area contributed by atoms with Crippen LogP contribution in [0.5, 0.6) is 0 Å². The fourth-order valence-corrected chi connectivity index (χ4v) is 1.16. The molecule has 0 saturated heterocycles. The molecule has 1 fully saturated rings. The van der Waals surface area contributed by atoms with Crippen molar-refractivity contribution in [1.29, 1.82) is 0 Å². The summed E-state index contributed by atoms with van der Waals surface area (Å²) < 4.78 is 13.0. The first-order valence-corrected chi connectivity index (χ1v) is 4.69. The van der Waals surface area contributed by atoms with Crippen molar-refractivity contribution >= 4 is 5.82 Å². The first kappa shape index (κ1) is 9.96. The molecule has 1 aliphatic carbocycles. The Balaban J connectivity index is 0.000000396. The summed E-state index contributed by atoms with van der Waals surface area (Å²) in [6.07, 6.45) is 2.17. The van der Waals surface area contributed by atoms with Crippen LogP contribution in [0.3, 0.4) is 0 Å². The summed E-state index contributed by atoms with van der Waals surface area (Å²) >= 11 is 0. The molecule has 0 bridgehead atoms. The minimum atomic E-state index is -0.396. The predicted molar refractivity (Wildman–Crippen MR) is 51.9 cm³/mol. The predicted octanol–water partition coefficient (Wildman–Crippen LogP) is 2.71. The van der Waals surface area contributed by atoms with E-state index in [1.165, 1.54) is 0 Å². The topological polar surface area (TPSA) is 38.9 Å². The smallest absolute Gasteiger partial charge is 0.218 e. The first-order valence-electron chi connectivity index (χ1n) is 4.69. The summed E-state index contributed by atoms with van der Waals surface area (Å²) in [5, 5.41) is 0. The maximum Gasteiger partial charge on any atom is 0.218 e. The Kier molecular flexibility index (Phi) is 3.23. The van der Waals surface area contributed by atoms with Gasteiger partial charge in [0.25, 0.3) is 0 Å². The van der Waals surface area contributed by atoms with E-state index >= 15 is 0 Å². The number of anilines is 1. The van der Waals surface area contributed by atoms with E-state index in [1.54, 1.807) is 12.1 Å². The van der Waals surface area contributed by atoms with Gasteiger partial charge in [0, 0.05) is 5.56 Å². The Morgan fingerprint density at radius 2 is 2.00 bits per heavy atom. The van der Waals surface area contributed by atoms with Crippen LogP contribution >= 0.6 is 0 Å². The fourth-order valence-electron chi connectivity index (χ4n) is 1.16. The molecule has 1 aromatic rings. The second-order valence-corrected chi connectivity index (χ2v) is 2.89. The third kappa shape index (κ3) is 2.41. The lowest BCUT2D eigenvalue weighted by atomic mass is 10.2. The van der Waals surface area contributed by atoms with Gasteiger partial charge in [0.1, 0.15) is 5.82 Å². The third-order valence-electron chi connectivity index (χ3n) is 1.92. The number of rotatable bonds is 1. The van der Waals surface area contributed by atoms with Gasteiger partial charge in [-0.05, 0) is 24.8 Å². The molecular weight excluding hydrogens is 167 g/mol. The molecule has 1 aliphatic rings. The molecule has 72 valence electrons. The van der Waals surface area contributed by atoms with Crippen molar-refractivity contribution in [2.75, 3.05) is 5.73 Å². The summed E-state index contributed by atoms with van der Waals surface area (Å²) in [6, 6.07) is 3.38. The van der Waals surface area contributed by atoms with Crippen molar-refractivity contribution in [2.45, 2.75) is 32.6 Å². The highest BCUT2D eigenvalue weighted by Crippen LogP contribution is 2.40. The van der Waals surface area contributed by atoms with E-state index in [9.17, 15) is 4.39 Å². The number of nitrogen functional groups attached to an aromatic ring is 1. The number of hydrogen-bond donors (Lipinski definition) is 1. The largest absolute Gasteiger partial charge is 0.384 e. The monoisotopic (exact) mass is 182 g/mol. The Hall–Kier alpha value is -1.12. The molecule has 0 unspecified atom stereocenters. The summed E-state index contributed by atoms with van der Waals surface area (Å²) in [7, 11) is 0. The number of pyridine rings is 1. The van der Waals surface area contributed by atoms with E-state index in [0.29, 0.717) is 5.92 Å². The lowest BCUT2D eigenvalue weighted by Crippen LogP contribution is -1.96. The molecule has 1 aromatic heterocycles. The van der Waals surface area contributed by atoms with E-state index < -0.39 is 5.95 Å². The van der Waals surface area contributed by atoms with Crippen molar-refractivity contribution < 1.29 is 4.39 Å². The number of nitrogens with two attached hydrogens (primary N) is 1. The van der Waals surface area contributed by atoms with Gasteiger partial charge >= 0.3 is 0 Å². The highest BCUT2D eigenvalue weighted by molar-refractivity contribution is 5.33. The molecule has 1 heterocycles. The molecule has 2 N–H and O–H groups in total. The fraction of sp³-hybridized carbons (Fsp3) is 0.500. The second-order valence-electron chi connectivity index (χ2n) is 2.89. The Labute approximate surface area is 78.0 Å². The van der Waals surface area contributed by atoms with Crippen LogP contribution < -0.4 is 5.73 Å². The van der Waals surface area contributed by atoms with Gasteiger partial charge in [-0.15, -0.1) is 0 Å². The second kappa shape index (κ2) is 4.21. The number of nitrogens with zero attached hydrogens (tertiary/aromatic N) is 1. The highest BCUT2D eigenvalue weighted by Gasteiger charge is 2.26. The van der Waals surface area contributed by atoms with Gasteiger partial charge in [0.15, 0.2) is 0 Å². The summed E-state index contributed by atoms with van der Waals surface area (Å²) in [5.41, 5.74) is 6.02. The van der Waals surface area contributed by atoms with Crippen LogP contribution in [0.2, 0.25) is 0 Å². The molecule has 0 radical (unpaired) electrons. The lowest BCUT2D eigenvalue weighted by molar-refractivity contribution is 0.569. The van der Waals surface area contributed by atoms with Crippen LogP contribution in [0.1, 0.15) is 38.2 Å². The normalized spacial score (nSPS) is 14.7. The maximum atomic E-state index is 13.0. The van der Waals surface area contributed by atoms with E-state index in [4.69, 9.17) is 5.73 Å². The van der Waals surface area contributed by atoms with Crippen LogP contribution in [-0.4, -0.2) is 4.98 Å². The minimum absolute atomic E-state index is 0.256. The van der Waals surface area contributed by atoms with Crippen molar-refractivity contribution in [3.63, 3.8) is 0 Å². The van der Waals surface area contributed by atoms with Gasteiger partial charge in [-0.1, -0.05) is 19.9 Å². The first-order chi connectivity index (χ1) is 6.27. The van der Waals surface area contributed by atoms with Crippen molar-refractivity contribution in [1.82, 2.24) is 4.98 Å². The van der Waals surface area contributed by atoms with Crippen LogP contribution in [0.15, 0.2) is 12.1 Å². The molecule has 0 aliphatic heterocycles. The average Bonchev–Trinajstić information content (AvgIpc) is 2.91. The number of aromatic nitrogens is 1. The average molecular weight is 182 g/mol. The zero-order chi connectivity index (χ0) is 9.84. The minimum Gasteiger partial charge on any atom is -0.384 e. The van der Waals surface area contributed by atoms with Gasteiger partial charge in [-0.2, -0.15) is 4.39 Å². The molecule has 1 saturated carbocycles. The molecule has 0 amide bonds. The maximum absolute atomic E-state index is 13.0. The molecule has 2 nitrogen and oxygen atoms in total. The highest BCUT2D eigenvalue weighted by atomic mass is 19.1. The van der Waals surface area contributed by atoms with Crippen LogP contribution in [-0.2, 0) is 0 Å². The van der Waals surface area contributed by atoms with Crippen molar-refractivity contribution in [3.8, 4) is 0 Å². The third-order valence-corrected chi connectivity index (χ3v) is 1.92. The lowest BCUT2D eigenvalue weighted by Gasteiger charge is -1.99. The molecule has 3 heteroatoms. The number of halogens is 1. The molecular formula is C10H15FN2. The molecule has 0 atom stereocenters. The number of hydrogen-bond acceptors (Lipinski definition) is 2. The zero-order valence-corrected chi connectivity index (χ0v) is 8.05. The SMILES string of the molecule is CC.Nc1ccc(C2CC2)c(F)n1. The summed E-state index contributed by atoms with van der Waals surface area (Å²) in [6.45, 7) is 4.00. The Morgan fingerprint density at radius 3 is 2.46 bits per heavy atom. The van der Waals surface area contributed by atoms with Gasteiger partial charge in [-0.25, -0.2) is 4.98 Å². The van der Waals surface area contributed by atoms with E-state index in [0.717, 1.165) is 18.4 Å².